The molecule has 2 atom stereocenters. The number of hydrogen-bond donors (Lipinski definition) is 1. The van der Waals surface area contributed by atoms with Gasteiger partial charge in [0.05, 0.1) is 6.61 Å². The molecule has 0 saturated carbocycles. The molecule has 2 N–H and O–H groups in total. The van der Waals surface area contributed by atoms with E-state index in [4.69, 9.17) is 10.5 Å². The first-order valence-corrected chi connectivity index (χ1v) is 5.87. The van der Waals surface area contributed by atoms with Gasteiger partial charge < -0.3 is 15.4 Å². The number of nitrogens with zero attached hydrogens (tertiary/aromatic N) is 1. The van der Waals surface area contributed by atoms with Crippen molar-refractivity contribution >= 4 is 0 Å². The summed E-state index contributed by atoms with van der Waals surface area (Å²) in [4.78, 5) is 2.28. The molecule has 0 aromatic heterocycles. The summed E-state index contributed by atoms with van der Waals surface area (Å²) in [6, 6.07) is 8.58. The minimum absolute atomic E-state index is 0.253. The smallest absolute Gasteiger partial charge is 0.119 e. The summed E-state index contributed by atoms with van der Waals surface area (Å²) < 4.78 is 5.43. The highest BCUT2D eigenvalue weighted by Crippen LogP contribution is 2.26. The van der Waals surface area contributed by atoms with Crippen molar-refractivity contribution in [2.75, 3.05) is 26.7 Å². The normalized spacial score (nSPS) is 25.9. The molecule has 0 amide bonds. The molecule has 0 radical (unpaired) electrons. The molecule has 88 valence electrons. The van der Waals surface area contributed by atoms with E-state index in [1.54, 1.807) is 0 Å². The number of hydrogen-bond acceptors (Lipinski definition) is 3. The lowest BCUT2D eigenvalue weighted by Gasteiger charge is -2.15. The van der Waals surface area contributed by atoms with E-state index in [1.165, 1.54) is 5.56 Å². The van der Waals surface area contributed by atoms with Gasteiger partial charge in [0.1, 0.15) is 5.75 Å². The summed E-state index contributed by atoms with van der Waals surface area (Å²) >= 11 is 0. The summed E-state index contributed by atoms with van der Waals surface area (Å²) in [6.45, 7) is 4.74. The summed E-state index contributed by atoms with van der Waals surface area (Å²) in [7, 11) is 2.12. The average molecular weight is 220 g/mol. The molecule has 1 aliphatic heterocycles. The van der Waals surface area contributed by atoms with Crippen LogP contribution in [0.3, 0.4) is 0 Å². The molecule has 1 aliphatic rings. The third-order valence-electron chi connectivity index (χ3n) is 3.17. The zero-order valence-corrected chi connectivity index (χ0v) is 10.0. The molecule has 16 heavy (non-hydrogen) atoms. The van der Waals surface area contributed by atoms with Gasteiger partial charge in [-0.15, -0.1) is 0 Å². The summed E-state index contributed by atoms with van der Waals surface area (Å²) in [5.41, 5.74) is 7.44. The van der Waals surface area contributed by atoms with Crippen LogP contribution in [0, 0.1) is 0 Å². The van der Waals surface area contributed by atoms with E-state index < -0.39 is 0 Å². The van der Waals surface area contributed by atoms with Crippen molar-refractivity contribution in [1.29, 1.82) is 0 Å². The fraction of sp³-hybridized carbons (Fsp3) is 0.538. The van der Waals surface area contributed by atoms with E-state index in [9.17, 15) is 0 Å². The maximum Gasteiger partial charge on any atom is 0.119 e. The Hall–Kier alpha value is -1.06. The van der Waals surface area contributed by atoms with Gasteiger partial charge in [0.25, 0.3) is 0 Å². The fourth-order valence-corrected chi connectivity index (χ4v) is 2.36. The van der Waals surface area contributed by atoms with Gasteiger partial charge in [-0.25, -0.2) is 0 Å². The van der Waals surface area contributed by atoms with Crippen LogP contribution in [0.1, 0.15) is 18.4 Å². The van der Waals surface area contributed by atoms with Gasteiger partial charge in [-0.2, -0.15) is 0 Å². The van der Waals surface area contributed by atoms with Gasteiger partial charge in [0, 0.05) is 25.0 Å². The standard InChI is InChI=1S/C13H20N2O/c1-3-16-11-6-4-10(5-7-11)12-8-15(2)9-13(12)14/h4-7,12-13H,3,8-9,14H2,1-2H3/t12-,13+/m0/s1. The lowest BCUT2D eigenvalue weighted by molar-refractivity contribution is 0.340. The SMILES string of the molecule is CCOc1ccc([C@@H]2CN(C)C[C@H]2N)cc1. The third-order valence-corrected chi connectivity index (χ3v) is 3.17. The first-order chi connectivity index (χ1) is 7.70. The van der Waals surface area contributed by atoms with Crippen LogP contribution in [0.4, 0.5) is 0 Å². The molecule has 3 nitrogen and oxygen atoms in total. The minimum atomic E-state index is 0.253. The van der Waals surface area contributed by atoms with Crippen molar-refractivity contribution in [3.63, 3.8) is 0 Å². The Morgan fingerprint density at radius 3 is 2.50 bits per heavy atom. The Balaban J connectivity index is 2.09. The Morgan fingerprint density at radius 2 is 2.00 bits per heavy atom. The maximum atomic E-state index is 6.13. The Labute approximate surface area is 97.2 Å². The molecule has 0 bridgehead atoms. The first kappa shape index (κ1) is 11.4. The molecular formula is C13H20N2O. The molecular weight excluding hydrogens is 200 g/mol. The Bertz CT molecular complexity index is 336. The number of ether oxygens (including phenoxy) is 1. The van der Waals surface area contributed by atoms with Gasteiger partial charge in [0.2, 0.25) is 0 Å². The molecule has 1 heterocycles. The van der Waals surface area contributed by atoms with Gasteiger partial charge in [-0.1, -0.05) is 12.1 Å². The zero-order valence-electron chi connectivity index (χ0n) is 10.0. The highest BCUT2D eigenvalue weighted by Gasteiger charge is 2.28. The van der Waals surface area contributed by atoms with Gasteiger partial charge >= 0.3 is 0 Å². The van der Waals surface area contributed by atoms with Gasteiger partial charge in [-0.05, 0) is 31.7 Å². The predicted molar refractivity (Wildman–Crippen MR) is 65.8 cm³/mol. The third kappa shape index (κ3) is 2.36. The van der Waals surface area contributed by atoms with Crippen LogP contribution >= 0.6 is 0 Å². The van der Waals surface area contributed by atoms with Crippen LogP contribution in [-0.2, 0) is 0 Å². The lowest BCUT2D eigenvalue weighted by atomic mass is 9.95. The number of nitrogens with two attached hydrogens (primary N) is 1. The number of benzene rings is 1. The second kappa shape index (κ2) is 4.85. The van der Waals surface area contributed by atoms with E-state index in [2.05, 4.69) is 24.1 Å². The van der Waals surface area contributed by atoms with Crippen molar-refractivity contribution in [3.8, 4) is 5.75 Å². The molecule has 3 heteroatoms. The molecule has 0 spiro atoms. The summed E-state index contributed by atoms with van der Waals surface area (Å²) in [5.74, 6) is 1.40. The second-order valence-corrected chi connectivity index (χ2v) is 4.49. The summed E-state index contributed by atoms with van der Waals surface area (Å²) in [5, 5.41) is 0. The number of likely N-dealkylation sites (N-methyl/N-ethyl adjacent to an activating group) is 1. The molecule has 1 saturated heterocycles. The molecule has 1 aromatic carbocycles. The molecule has 0 aliphatic carbocycles. The van der Waals surface area contributed by atoms with E-state index >= 15 is 0 Å². The average Bonchev–Trinajstić information content (AvgIpc) is 2.59. The molecule has 1 aromatic rings. The van der Waals surface area contributed by atoms with Crippen LogP contribution in [-0.4, -0.2) is 37.7 Å². The number of likely N-dealkylation sites (tertiary alicyclic amines) is 1. The van der Waals surface area contributed by atoms with Crippen LogP contribution in [0.25, 0.3) is 0 Å². The fourth-order valence-electron chi connectivity index (χ4n) is 2.36. The molecule has 0 unspecified atom stereocenters. The highest BCUT2D eigenvalue weighted by molar-refractivity contribution is 5.31. The van der Waals surface area contributed by atoms with Crippen molar-refractivity contribution < 1.29 is 4.74 Å². The second-order valence-electron chi connectivity index (χ2n) is 4.49. The van der Waals surface area contributed by atoms with Crippen LogP contribution in [0.15, 0.2) is 24.3 Å². The molecule has 1 fully saturated rings. The van der Waals surface area contributed by atoms with Gasteiger partial charge in [0.15, 0.2) is 0 Å². The van der Waals surface area contributed by atoms with Crippen LogP contribution in [0.5, 0.6) is 5.75 Å². The summed E-state index contributed by atoms with van der Waals surface area (Å²) in [6.07, 6.45) is 0. The van der Waals surface area contributed by atoms with E-state index in [0.29, 0.717) is 12.5 Å². The predicted octanol–water partition coefficient (Wildman–Crippen LogP) is 1.44. The topological polar surface area (TPSA) is 38.5 Å². The van der Waals surface area contributed by atoms with Crippen LogP contribution in [0.2, 0.25) is 0 Å². The quantitative estimate of drug-likeness (QED) is 0.837. The Kier molecular flexibility index (Phi) is 3.46. The van der Waals surface area contributed by atoms with E-state index in [-0.39, 0.29) is 6.04 Å². The number of rotatable bonds is 3. The minimum Gasteiger partial charge on any atom is -0.494 e. The van der Waals surface area contributed by atoms with E-state index in [0.717, 1.165) is 18.8 Å². The highest BCUT2D eigenvalue weighted by atomic mass is 16.5. The zero-order chi connectivity index (χ0) is 11.5. The molecule has 2 rings (SSSR count). The monoisotopic (exact) mass is 220 g/mol. The largest absolute Gasteiger partial charge is 0.494 e. The lowest BCUT2D eigenvalue weighted by Crippen LogP contribution is -2.27. The van der Waals surface area contributed by atoms with E-state index in [1.807, 2.05) is 19.1 Å². The van der Waals surface area contributed by atoms with Crippen molar-refractivity contribution in [1.82, 2.24) is 4.90 Å². The van der Waals surface area contributed by atoms with Crippen molar-refractivity contribution in [2.45, 2.75) is 18.9 Å². The van der Waals surface area contributed by atoms with Crippen LogP contribution < -0.4 is 10.5 Å². The van der Waals surface area contributed by atoms with Crippen molar-refractivity contribution in [2.24, 2.45) is 5.73 Å². The van der Waals surface area contributed by atoms with Gasteiger partial charge in [-0.3, -0.25) is 0 Å². The first-order valence-electron chi connectivity index (χ1n) is 5.87. The van der Waals surface area contributed by atoms with Crippen molar-refractivity contribution in [3.05, 3.63) is 29.8 Å². The Morgan fingerprint density at radius 1 is 1.31 bits per heavy atom. The maximum absolute atomic E-state index is 6.13.